The Morgan fingerprint density at radius 1 is 1.37 bits per heavy atom. The van der Waals surface area contributed by atoms with E-state index in [0.717, 1.165) is 11.1 Å². The number of hydrogen-bond donors (Lipinski definition) is 1. The molecule has 1 aromatic rings. The van der Waals surface area contributed by atoms with Crippen molar-refractivity contribution in [2.45, 2.75) is 39.2 Å². The van der Waals surface area contributed by atoms with Crippen molar-refractivity contribution in [2.75, 3.05) is 7.05 Å². The Morgan fingerprint density at radius 2 is 2.05 bits per heavy atom. The first kappa shape index (κ1) is 15.2. The number of nitrogens with zero attached hydrogens (tertiary/aromatic N) is 1. The largest absolute Gasteiger partial charge is 0.480 e. The Balaban J connectivity index is 2.57. The molecule has 0 aromatic heterocycles. The van der Waals surface area contributed by atoms with Gasteiger partial charge >= 0.3 is 5.97 Å². The molecule has 1 unspecified atom stereocenters. The summed E-state index contributed by atoms with van der Waals surface area (Å²) in [4.78, 5) is 24.3. The third kappa shape index (κ3) is 4.39. The summed E-state index contributed by atoms with van der Waals surface area (Å²) in [7, 11) is 1.56. The van der Waals surface area contributed by atoms with Gasteiger partial charge in [-0.25, -0.2) is 4.79 Å². The molecule has 1 atom stereocenters. The van der Waals surface area contributed by atoms with Crippen LogP contribution < -0.4 is 0 Å². The van der Waals surface area contributed by atoms with Crippen molar-refractivity contribution >= 4 is 11.9 Å². The van der Waals surface area contributed by atoms with Gasteiger partial charge in [-0.05, 0) is 25.3 Å². The second-order valence-corrected chi connectivity index (χ2v) is 4.76. The van der Waals surface area contributed by atoms with Gasteiger partial charge in [-0.15, -0.1) is 0 Å². The average Bonchev–Trinajstić information content (AvgIpc) is 2.36. The minimum Gasteiger partial charge on any atom is -0.480 e. The normalized spacial score (nSPS) is 11.9. The van der Waals surface area contributed by atoms with Gasteiger partial charge < -0.3 is 10.0 Å². The molecular formula is C15H21NO3. The van der Waals surface area contributed by atoms with Crippen molar-refractivity contribution in [3.05, 3.63) is 35.4 Å². The Morgan fingerprint density at radius 3 is 2.58 bits per heavy atom. The lowest BCUT2D eigenvalue weighted by Crippen LogP contribution is -2.42. The first-order valence-corrected chi connectivity index (χ1v) is 6.49. The SMILES string of the molecule is CCC(C(=O)O)N(C)C(=O)CCc1cccc(C)c1. The zero-order valence-corrected chi connectivity index (χ0v) is 11.7. The number of hydrogen-bond acceptors (Lipinski definition) is 2. The lowest BCUT2D eigenvalue weighted by Gasteiger charge is -2.23. The molecule has 0 spiro atoms. The van der Waals surface area contributed by atoms with Crippen molar-refractivity contribution in [2.24, 2.45) is 0 Å². The van der Waals surface area contributed by atoms with E-state index in [2.05, 4.69) is 0 Å². The van der Waals surface area contributed by atoms with Crippen LogP contribution in [0.3, 0.4) is 0 Å². The number of carbonyl (C=O) groups excluding carboxylic acids is 1. The zero-order chi connectivity index (χ0) is 14.4. The van der Waals surface area contributed by atoms with E-state index in [1.165, 1.54) is 4.90 Å². The summed E-state index contributed by atoms with van der Waals surface area (Å²) in [5.74, 6) is -1.08. The van der Waals surface area contributed by atoms with E-state index >= 15 is 0 Å². The van der Waals surface area contributed by atoms with Gasteiger partial charge in [-0.2, -0.15) is 0 Å². The molecule has 1 N–H and O–H groups in total. The second-order valence-electron chi connectivity index (χ2n) is 4.76. The van der Waals surface area contributed by atoms with Gasteiger partial charge in [0.1, 0.15) is 6.04 Å². The van der Waals surface area contributed by atoms with Crippen molar-refractivity contribution < 1.29 is 14.7 Å². The maximum atomic E-state index is 12.0. The quantitative estimate of drug-likeness (QED) is 0.856. The second kappa shape index (κ2) is 6.92. The van der Waals surface area contributed by atoms with Crippen molar-refractivity contribution in [1.82, 2.24) is 4.90 Å². The number of amides is 1. The molecule has 1 amide bonds. The predicted octanol–water partition coefficient (Wildman–Crippen LogP) is 2.25. The summed E-state index contributed by atoms with van der Waals surface area (Å²) >= 11 is 0. The molecule has 19 heavy (non-hydrogen) atoms. The summed E-state index contributed by atoms with van der Waals surface area (Å²) < 4.78 is 0. The number of carboxylic acid groups (broad SMARTS) is 1. The Bertz CT molecular complexity index is 456. The van der Waals surface area contributed by atoms with Gasteiger partial charge in [0.2, 0.25) is 5.91 Å². The molecule has 0 aliphatic rings. The van der Waals surface area contributed by atoms with Gasteiger partial charge in [0, 0.05) is 13.5 Å². The highest BCUT2D eigenvalue weighted by Crippen LogP contribution is 2.10. The molecule has 0 saturated heterocycles. The fourth-order valence-corrected chi connectivity index (χ4v) is 2.08. The average molecular weight is 263 g/mol. The molecule has 0 bridgehead atoms. The summed E-state index contributed by atoms with van der Waals surface area (Å²) in [6, 6.07) is 7.27. The number of rotatable bonds is 6. The van der Waals surface area contributed by atoms with Gasteiger partial charge in [0.25, 0.3) is 0 Å². The van der Waals surface area contributed by atoms with Crippen LogP contribution in [0, 0.1) is 6.92 Å². The van der Waals surface area contributed by atoms with E-state index in [1.807, 2.05) is 31.2 Å². The van der Waals surface area contributed by atoms with Gasteiger partial charge in [0.05, 0.1) is 0 Å². The smallest absolute Gasteiger partial charge is 0.326 e. The van der Waals surface area contributed by atoms with E-state index in [1.54, 1.807) is 14.0 Å². The summed E-state index contributed by atoms with van der Waals surface area (Å²) in [5.41, 5.74) is 2.26. The molecule has 0 fully saturated rings. The first-order chi connectivity index (χ1) is 8.95. The monoisotopic (exact) mass is 263 g/mol. The van der Waals surface area contributed by atoms with Crippen molar-refractivity contribution in [3.8, 4) is 0 Å². The minimum absolute atomic E-state index is 0.129. The summed E-state index contributed by atoms with van der Waals surface area (Å²) in [6.07, 6.45) is 1.40. The van der Waals surface area contributed by atoms with E-state index in [0.29, 0.717) is 19.3 Å². The number of carbonyl (C=O) groups is 2. The first-order valence-electron chi connectivity index (χ1n) is 6.49. The van der Waals surface area contributed by atoms with Crippen LogP contribution in [0.2, 0.25) is 0 Å². The molecule has 4 heteroatoms. The zero-order valence-electron chi connectivity index (χ0n) is 11.7. The molecule has 0 heterocycles. The lowest BCUT2D eigenvalue weighted by atomic mass is 10.1. The molecule has 1 aromatic carbocycles. The van der Waals surface area contributed by atoms with E-state index < -0.39 is 12.0 Å². The van der Waals surface area contributed by atoms with Gasteiger partial charge in [-0.3, -0.25) is 4.79 Å². The maximum absolute atomic E-state index is 12.0. The van der Waals surface area contributed by atoms with E-state index in [9.17, 15) is 9.59 Å². The molecule has 0 saturated carbocycles. The van der Waals surface area contributed by atoms with Crippen LogP contribution in [-0.2, 0) is 16.0 Å². The summed E-state index contributed by atoms with van der Waals surface area (Å²) in [5, 5.41) is 9.02. The number of carboxylic acids is 1. The third-order valence-electron chi connectivity index (χ3n) is 3.24. The van der Waals surface area contributed by atoms with Gasteiger partial charge in [-0.1, -0.05) is 36.8 Å². The van der Waals surface area contributed by atoms with Crippen LogP contribution in [-0.4, -0.2) is 35.0 Å². The minimum atomic E-state index is -0.950. The highest BCUT2D eigenvalue weighted by Gasteiger charge is 2.24. The number of likely N-dealkylation sites (N-methyl/N-ethyl adjacent to an activating group) is 1. The third-order valence-corrected chi connectivity index (χ3v) is 3.24. The van der Waals surface area contributed by atoms with E-state index in [-0.39, 0.29) is 5.91 Å². The molecule has 1 rings (SSSR count). The number of aliphatic carboxylic acids is 1. The van der Waals surface area contributed by atoms with Gasteiger partial charge in [0.15, 0.2) is 0 Å². The highest BCUT2D eigenvalue weighted by atomic mass is 16.4. The van der Waals surface area contributed by atoms with E-state index in [4.69, 9.17) is 5.11 Å². The topological polar surface area (TPSA) is 57.6 Å². The van der Waals surface area contributed by atoms with Crippen LogP contribution in [0.15, 0.2) is 24.3 Å². The molecular weight excluding hydrogens is 242 g/mol. The standard InChI is InChI=1S/C15H21NO3/c1-4-13(15(18)19)16(3)14(17)9-8-12-7-5-6-11(2)10-12/h5-7,10,13H,4,8-9H2,1-3H3,(H,18,19). The summed E-state index contributed by atoms with van der Waals surface area (Å²) in [6.45, 7) is 3.78. The fourth-order valence-electron chi connectivity index (χ4n) is 2.08. The van der Waals surface area contributed by atoms with Crippen LogP contribution in [0.1, 0.15) is 30.9 Å². The number of aryl methyl sites for hydroxylation is 2. The van der Waals surface area contributed by atoms with Crippen LogP contribution in [0.4, 0.5) is 0 Å². The van der Waals surface area contributed by atoms with Crippen molar-refractivity contribution in [1.29, 1.82) is 0 Å². The number of benzene rings is 1. The molecule has 4 nitrogen and oxygen atoms in total. The lowest BCUT2D eigenvalue weighted by molar-refractivity contribution is -0.149. The Hall–Kier alpha value is -1.84. The maximum Gasteiger partial charge on any atom is 0.326 e. The van der Waals surface area contributed by atoms with Crippen LogP contribution in [0.25, 0.3) is 0 Å². The van der Waals surface area contributed by atoms with Crippen molar-refractivity contribution in [3.63, 3.8) is 0 Å². The molecule has 104 valence electrons. The van der Waals surface area contributed by atoms with Crippen LogP contribution in [0.5, 0.6) is 0 Å². The predicted molar refractivity (Wildman–Crippen MR) is 74.0 cm³/mol. The molecule has 0 radical (unpaired) electrons. The Kier molecular flexibility index (Phi) is 5.55. The highest BCUT2D eigenvalue weighted by molar-refractivity contribution is 5.83. The molecule has 0 aliphatic heterocycles. The molecule has 0 aliphatic carbocycles. The fraction of sp³-hybridized carbons (Fsp3) is 0.467. The Labute approximate surface area is 114 Å². The van der Waals surface area contributed by atoms with Crippen LogP contribution >= 0.6 is 0 Å².